The normalized spacial score (nSPS) is 17.1. The van der Waals surface area contributed by atoms with Crippen LogP contribution >= 0.6 is 23.4 Å². The van der Waals surface area contributed by atoms with Gasteiger partial charge in [0.15, 0.2) is 0 Å². The lowest BCUT2D eigenvalue weighted by Crippen LogP contribution is -2.43. The van der Waals surface area contributed by atoms with E-state index in [0.717, 1.165) is 41.6 Å². The first-order valence-corrected chi connectivity index (χ1v) is 8.36. The van der Waals surface area contributed by atoms with Gasteiger partial charge in [-0.15, -0.1) is 11.8 Å². The van der Waals surface area contributed by atoms with E-state index in [1.54, 1.807) is 11.8 Å². The van der Waals surface area contributed by atoms with Gasteiger partial charge in [0.1, 0.15) is 0 Å². The Labute approximate surface area is 130 Å². The number of carbonyl (C=O) groups is 1. The van der Waals surface area contributed by atoms with E-state index < -0.39 is 0 Å². The van der Waals surface area contributed by atoms with Gasteiger partial charge in [0.05, 0.1) is 0 Å². The molecular weight excluding hydrogens is 292 g/mol. The lowest BCUT2D eigenvalue weighted by molar-refractivity contribution is -0.121. The largest absolute Gasteiger partial charge is 0.353 e. The molecule has 0 bridgehead atoms. The second kappa shape index (κ2) is 7.91. The van der Waals surface area contributed by atoms with Crippen LogP contribution in [0.1, 0.15) is 19.3 Å². The molecule has 1 saturated heterocycles. The van der Waals surface area contributed by atoms with Crippen molar-refractivity contribution in [3.05, 3.63) is 29.3 Å². The van der Waals surface area contributed by atoms with Crippen LogP contribution in [0.4, 0.5) is 0 Å². The topological polar surface area (TPSA) is 32.3 Å². The fraction of sp³-hybridized carbons (Fsp3) is 0.533. The summed E-state index contributed by atoms with van der Waals surface area (Å²) in [7, 11) is 2.13. The standard InChI is InChI=1S/C15H21ClN2OS/c1-18-9-6-13(7-10-18)17-15(19)8-11-20-14-4-2-12(16)3-5-14/h2-5,13H,6-11H2,1H3,(H,17,19). The number of likely N-dealkylation sites (tertiary alicyclic amines) is 1. The van der Waals surface area contributed by atoms with Crippen LogP contribution in [0.25, 0.3) is 0 Å². The van der Waals surface area contributed by atoms with Gasteiger partial charge in [0, 0.05) is 28.1 Å². The number of amides is 1. The monoisotopic (exact) mass is 312 g/mol. The minimum atomic E-state index is 0.168. The first-order valence-electron chi connectivity index (χ1n) is 7.00. The summed E-state index contributed by atoms with van der Waals surface area (Å²) in [6.45, 7) is 2.15. The molecule has 20 heavy (non-hydrogen) atoms. The Hall–Kier alpha value is -0.710. The van der Waals surface area contributed by atoms with E-state index >= 15 is 0 Å². The SMILES string of the molecule is CN1CCC(NC(=O)CCSc2ccc(Cl)cc2)CC1. The number of hydrogen-bond donors (Lipinski definition) is 1. The summed E-state index contributed by atoms with van der Waals surface area (Å²) < 4.78 is 0. The van der Waals surface area contributed by atoms with Crippen LogP contribution in [0.15, 0.2) is 29.2 Å². The number of rotatable bonds is 5. The third-order valence-electron chi connectivity index (χ3n) is 3.50. The summed E-state index contributed by atoms with van der Waals surface area (Å²) in [5, 5.41) is 3.88. The highest BCUT2D eigenvalue weighted by Crippen LogP contribution is 2.21. The van der Waals surface area contributed by atoms with Crippen molar-refractivity contribution in [3.63, 3.8) is 0 Å². The fourth-order valence-electron chi connectivity index (χ4n) is 2.25. The van der Waals surface area contributed by atoms with Crippen LogP contribution in [0.5, 0.6) is 0 Å². The van der Waals surface area contributed by atoms with Crippen LogP contribution in [-0.4, -0.2) is 42.7 Å². The van der Waals surface area contributed by atoms with Crippen molar-refractivity contribution in [2.75, 3.05) is 25.9 Å². The Morgan fingerprint density at radius 2 is 2.00 bits per heavy atom. The third-order valence-corrected chi connectivity index (χ3v) is 4.76. The second-order valence-electron chi connectivity index (χ2n) is 5.20. The molecule has 0 radical (unpaired) electrons. The zero-order chi connectivity index (χ0) is 14.4. The Balaban J connectivity index is 1.64. The third kappa shape index (κ3) is 5.35. The molecule has 1 heterocycles. The van der Waals surface area contributed by atoms with E-state index in [2.05, 4.69) is 17.3 Å². The number of nitrogens with one attached hydrogen (secondary N) is 1. The summed E-state index contributed by atoms with van der Waals surface area (Å²) in [5.74, 6) is 0.973. The van der Waals surface area contributed by atoms with Crippen molar-refractivity contribution in [1.29, 1.82) is 0 Å². The number of halogens is 1. The first-order chi connectivity index (χ1) is 9.63. The summed E-state index contributed by atoms with van der Waals surface area (Å²) in [6, 6.07) is 8.09. The van der Waals surface area contributed by atoms with Crippen molar-refractivity contribution >= 4 is 29.3 Å². The average Bonchev–Trinajstić information content (AvgIpc) is 2.44. The smallest absolute Gasteiger partial charge is 0.221 e. The van der Waals surface area contributed by atoms with Gasteiger partial charge in [-0.05, 0) is 57.2 Å². The quantitative estimate of drug-likeness (QED) is 0.848. The Kier molecular flexibility index (Phi) is 6.20. The fourth-order valence-corrected chi connectivity index (χ4v) is 3.22. The van der Waals surface area contributed by atoms with Gasteiger partial charge in [0.25, 0.3) is 0 Å². The van der Waals surface area contributed by atoms with Gasteiger partial charge in [0.2, 0.25) is 5.91 Å². The van der Waals surface area contributed by atoms with Crippen LogP contribution in [-0.2, 0) is 4.79 Å². The zero-order valence-electron chi connectivity index (χ0n) is 11.8. The maximum Gasteiger partial charge on any atom is 0.221 e. The molecule has 3 nitrogen and oxygen atoms in total. The Morgan fingerprint density at radius 3 is 2.65 bits per heavy atom. The van der Waals surface area contributed by atoms with Crippen LogP contribution in [0, 0.1) is 0 Å². The molecule has 1 N–H and O–H groups in total. The van der Waals surface area contributed by atoms with Gasteiger partial charge in [-0.2, -0.15) is 0 Å². The zero-order valence-corrected chi connectivity index (χ0v) is 13.3. The first kappa shape index (κ1) is 15.7. The molecule has 0 unspecified atom stereocenters. The van der Waals surface area contributed by atoms with Crippen molar-refractivity contribution < 1.29 is 4.79 Å². The minimum Gasteiger partial charge on any atom is -0.353 e. The highest BCUT2D eigenvalue weighted by atomic mass is 35.5. The molecule has 0 atom stereocenters. The predicted octanol–water partition coefficient (Wildman–Crippen LogP) is 3.03. The molecule has 1 aromatic carbocycles. The predicted molar refractivity (Wildman–Crippen MR) is 85.5 cm³/mol. The highest BCUT2D eigenvalue weighted by Gasteiger charge is 2.17. The molecule has 1 aliphatic rings. The average molecular weight is 313 g/mol. The van der Waals surface area contributed by atoms with Crippen molar-refractivity contribution in [3.8, 4) is 0 Å². The molecule has 5 heteroatoms. The summed E-state index contributed by atoms with van der Waals surface area (Å²) in [4.78, 5) is 15.3. The van der Waals surface area contributed by atoms with Crippen LogP contribution in [0.3, 0.4) is 0 Å². The Morgan fingerprint density at radius 1 is 1.35 bits per heavy atom. The molecule has 0 aromatic heterocycles. The van der Waals surface area contributed by atoms with E-state index in [-0.39, 0.29) is 5.91 Å². The molecular formula is C15H21ClN2OS. The van der Waals surface area contributed by atoms with Gasteiger partial charge < -0.3 is 10.2 Å². The van der Waals surface area contributed by atoms with Crippen LogP contribution in [0.2, 0.25) is 5.02 Å². The molecule has 1 aliphatic heterocycles. The number of piperidine rings is 1. The summed E-state index contributed by atoms with van der Waals surface area (Å²) in [6.07, 6.45) is 2.69. The Bertz CT molecular complexity index is 430. The molecule has 2 rings (SSSR count). The molecule has 1 amide bonds. The van der Waals surface area contributed by atoms with E-state index in [9.17, 15) is 4.79 Å². The van der Waals surface area contributed by atoms with E-state index in [1.807, 2.05) is 24.3 Å². The lowest BCUT2D eigenvalue weighted by atomic mass is 10.1. The maximum absolute atomic E-state index is 11.9. The minimum absolute atomic E-state index is 0.168. The molecule has 1 fully saturated rings. The van der Waals surface area contributed by atoms with Crippen LogP contribution < -0.4 is 5.32 Å². The molecule has 0 aliphatic carbocycles. The number of carbonyl (C=O) groups excluding carboxylic acids is 1. The van der Waals surface area contributed by atoms with Crippen molar-refractivity contribution in [2.24, 2.45) is 0 Å². The molecule has 110 valence electrons. The maximum atomic E-state index is 11.9. The second-order valence-corrected chi connectivity index (χ2v) is 6.80. The number of hydrogen-bond acceptors (Lipinski definition) is 3. The van der Waals surface area contributed by atoms with Crippen molar-refractivity contribution in [2.45, 2.75) is 30.2 Å². The number of benzene rings is 1. The van der Waals surface area contributed by atoms with Crippen molar-refractivity contribution in [1.82, 2.24) is 10.2 Å². The lowest BCUT2D eigenvalue weighted by Gasteiger charge is -2.29. The molecule has 0 spiro atoms. The van der Waals surface area contributed by atoms with E-state index in [0.29, 0.717) is 12.5 Å². The highest BCUT2D eigenvalue weighted by molar-refractivity contribution is 7.99. The number of thioether (sulfide) groups is 1. The van der Waals surface area contributed by atoms with Gasteiger partial charge in [-0.25, -0.2) is 0 Å². The summed E-state index contributed by atoms with van der Waals surface area (Å²) >= 11 is 7.53. The van der Waals surface area contributed by atoms with E-state index in [4.69, 9.17) is 11.6 Å². The number of nitrogens with zero attached hydrogens (tertiary/aromatic N) is 1. The summed E-state index contributed by atoms with van der Waals surface area (Å²) in [5.41, 5.74) is 0. The van der Waals surface area contributed by atoms with Gasteiger partial charge >= 0.3 is 0 Å². The van der Waals surface area contributed by atoms with E-state index in [1.165, 1.54) is 0 Å². The molecule has 0 saturated carbocycles. The molecule has 1 aromatic rings. The van der Waals surface area contributed by atoms with Gasteiger partial charge in [-0.1, -0.05) is 11.6 Å². The van der Waals surface area contributed by atoms with Gasteiger partial charge in [-0.3, -0.25) is 4.79 Å².